The van der Waals surface area contributed by atoms with Crippen LogP contribution < -0.4 is 20.9 Å². The predicted octanol–water partition coefficient (Wildman–Crippen LogP) is 5.92. The summed E-state index contributed by atoms with van der Waals surface area (Å²) >= 11 is 5.69. The van der Waals surface area contributed by atoms with Crippen LogP contribution in [0.15, 0.2) is 65.7 Å². The van der Waals surface area contributed by atoms with Gasteiger partial charge in [-0.15, -0.1) is 0 Å². The summed E-state index contributed by atoms with van der Waals surface area (Å²) in [5, 5.41) is -0.115. The molecule has 3 aromatic carbocycles. The van der Waals surface area contributed by atoms with Gasteiger partial charge in [0.15, 0.2) is 0 Å². The molecule has 0 unspecified atom stereocenters. The van der Waals surface area contributed by atoms with Gasteiger partial charge in [-0.2, -0.15) is 13.2 Å². The highest BCUT2D eigenvalue weighted by molar-refractivity contribution is 6.31. The molecule has 0 atom stereocenters. The third-order valence-corrected chi connectivity index (χ3v) is 5.60. The van der Waals surface area contributed by atoms with Gasteiger partial charge in [-0.05, 0) is 67.1 Å². The molecule has 0 aliphatic rings. The monoisotopic (exact) mass is 502 g/mol. The van der Waals surface area contributed by atoms with Gasteiger partial charge in [-0.1, -0.05) is 11.6 Å². The maximum atomic E-state index is 13.3. The SMILES string of the molecule is Cc1cc(N(C(N)=O)c2ccc(Cl)c(C(F)(F)F)c2)ccc1Oc1ccc2ncn(C)c(=O)c2c1. The second-order valence-electron chi connectivity index (χ2n) is 7.73. The van der Waals surface area contributed by atoms with Crippen LogP contribution in [0.25, 0.3) is 10.9 Å². The molecule has 0 saturated heterocycles. The largest absolute Gasteiger partial charge is 0.457 e. The van der Waals surface area contributed by atoms with E-state index < -0.39 is 22.8 Å². The second kappa shape index (κ2) is 8.95. The van der Waals surface area contributed by atoms with Crippen molar-refractivity contribution in [3.63, 3.8) is 0 Å². The fourth-order valence-corrected chi connectivity index (χ4v) is 3.77. The molecule has 35 heavy (non-hydrogen) atoms. The van der Waals surface area contributed by atoms with E-state index in [0.29, 0.717) is 28.0 Å². The van der Waals surface area contributed by atoms with Crippen molar-refractivity contribution in [2.24, 2.45) is 12.8 Å². The number of amides is 2. The topological polar surface area (TPSA) is 90.4 Å². The number of primary amides is 1. The number of benzene rings is 3. The Balaban J connectivity index is 1.69. The van der Waals surface area contributed by atoms with E-state index in [9.17, 15) is 22.8 Å². The molecule has 4 rings (SSSR count). The third kappa shape index (κ3) is 4.78. The van der Waals surface area contributed by atoms with Gasteiger partial charge in [-0.3, -0.25) is 9.69 Å². The Bertz CT molecular complexity index is 1520. The average Bonchev–Trinajstić information content (AvgIpc) is 2.78. The van der Waals surface area contributed by atoms with Gasteiger partial charge >= 0.3 is 12.2 Å². The van der Waals surface area contributed by atoms with Crippen LogP contribution in [0.1, 0.15) is 11.1 Å². The molecule has 0 fully saturated rings. The number of alkyl halides is 3. The number of nitrogens with two attached hydrogens (primary N) is 1. The number of ether oxygens (including phenoxy) is 1. The van der Waals surface area contributed by atoms with Crippen LogP contribution in [0.3, 0.4) is 0 Å². The van der Waals surface area contributed by atoms with E-state index in [1.165, 1.54) is 23.0 Å². The third-order valence-electron chi connectivity index (χ3n) is 5.27. The summed E-state index contributed by atoms with van der Waals surface area (Å²) in [6, 6.07) is 11.6. The van der Waals surface area contributed by atoms with E-state index in [4.69, 9.17) is 22.1 Å². The van der Waals surface area contributed by atoms with Crippen molar-refractivity contribution in [3.05, 3.63) is 87.4 Å². The lowest BCUT2D eigenvalue weighted by Gasteiger charge is -2.23. The average molecular weight is 503 g/mol. The van der Waals surface area contributed by atoms with E-state index >= 15 is 0 Å². The highest BCUT2D eigenvalue weighted by Gasteiger charge is 2.34. The number of anilines is 2. The Morgan fingerprint density at radius 3 is 2.43 bits per heavy atom. The molecular weight excluding hydrogens is 485 g/mol. The van der Waals surface area contributed by atoms with Gasteiger partial charge in [0.2, 0.25) is 0 Å². The van der Waals surface area contributed by atoms with Crippen LogP contribution in [-0.2, 0) is 13.2 Å². The first-order chi connectivity index (χ1) is 16.5. The number of aromatic nitrogens is 2. The number of rotatable bonds is 4. The van der Waals surface area contributed by atoms with E-state index in [1.807, 2.05) is 0 Å². The van der Waals surface area contributed by atoms with Crippen LogP contribution in [0.2, 0.25) is 5.02 Å². The number of hydrogen-bond donors (Lipinski definition) is 1. The molecule has 1 aromatic heterocycles. The van der Waals surface area contributed by atoms with Crippen molar-refractivity contribution in [3.8, 4) is 11.5 Å². The number of carbonyl (C=O) groups excluding carboxylic acids is 1. The molecule has 0 aliphatic heterocycles. The van der Waals surface area contributed by atoms with E-state index in [-0.39, 0.29) is 16.9 Å². The summed E-state index contributed by atoms with van der Waals surface area (Å²) < 4.78 is 47.2. The molecule has 7 nitrogen and oxygen atoms in total. The lowest BCUT2D eigenvalue weighted by atomic mass is 10.1. The Morgan fingerprint density at radius 2 is 1.77 bits per heavy atom. The minimum atomic E-state index is -4.71. The number of fused-ring (bicyclic) bond motifs is 1. The molecule has 2 amide bonds. The molecule has 180 valence electrons. The zero-order valence-electron chi connectivity index (χ0n) is 18.4. The van der Waals surface area contributed by atoms with Gasteiger partial charge < -0.3 is 15.0 Å². The van der Waals surface area contributed by atoms with E-state index in [2.05, 4.69) is 4.98 Å². The quantitative estimate of drug-likeness (QED) is 0.375. The zero-order valence-corrected chi connectivity index (χ0v) is 19.2. The summed E-state index contributed by atoms with van der Waals surface area (Å²) in [5.74, 6) is 0.794. The summed E-state index contributed by atoms with van der Waals surface area (Å²) in [7, 11) is 1.59. The molecule has 4 aromatic rings. The maximum absolute atomic E-state index is 13.3. The lowest BCUT2D eigenvalue weighted by Crippen LogP contribution is -2.31. The number of urea groups is 1. The fourth-order valence-electron chi connectivity index (χ4n) is 3.54. The highest BCUT2D eigenvalue weighted by atomic mass is 35.5. The maximum Gasteiger partial charge on any atom is 0.417 e. The Kier molecular flexibility index (Phi) is 6.16. The Morgan fingerprint density at radius 1 is 1.09 bits per heavy atom. The van der Waals surface area contributed by atoms with Crippen molar-refractivity contribution in [2.45, 2.75) is 13.1 Å². The number of hydrogen-bond acceptors (Lipinski definition) is 4. The summed E-state index contributed by atoms with van der Waals surface area (Å²) in [5.41, 5.74) is 5.40. The fraction of sp³-hybridized carbons (Fsp3) is 0.125. The molecular formula is C24H18ClF3N4O3. The standard InChI is InChI=1S/C24H18ClF3N4O3/c1-13-9-14(32(23(29)34)15-3-6-19(25)18(10-15)24(26,27)28)4-8-21(13)35-16-5-7-20-17(11-16)22(33)31(2)12-30-20/h3-12H,1-2H3,(H2,29,34). The van der Waals surface area contributed by atoms with E-state index in [1.54, 1.807) is 44.3 Å². The first-order valence-corrected chi connectivity index (χ1v) is 10.5. The van der Waals surface area contributed by atoms with Gasteiger partial charge in [0.25, 0.3) is 5.56 Å². The zero-order chi connectivity index (χ0) is 25.5. The molecule has 0 saturated carbocycles. The molecule has 0 aliphatic carbocycles. The van der Waals surface area contributed by atoms with Crippen molar-refractivity contribution in [1.29, 1.82) is 0 Å². The molecule has 2 N–H and O–H groups in total. The summed E-state index contributed by atoms with van der Waals surface area (Å²) in [4.78, 5) is 29.7. The minimum absolute atomic E-state index is 0.0971. The lowest BCUT2D eigenvalue weighted by molar-refractivity contribution is -0.137. The van der Waals surface area contributed by atoms with Gasteiger partial charge in [0.1, 0.15) is 11.5 Å². The number of nitrogens with zero attached hydrogens (tertiary/aromatic N) is 3. The van der Waals surface area contributed by atoms with Gasteiger partial charge in [0, 0.05) is 7.05 Å². The Hall–Kier alpha value is -4.05. The van der Waals surface area contributed by atoms with Crippen LogP contribution >= 0.6 is 11.6 Å². The first-order valence-electron chi connectivity index (χ1n) is 10.2. The van der Waals surface area contributed by atoms with Crippen LogP contribution in [0, 0.1) is 6.92 Å². The molecule has 0 bridgehead atoms. The van der Waals surface area contributed by atoms with Crippen LogP contribution in [0.5, 0.6) is 11.5 Å². The van der Waals surface area contributed by atoms with Gasteiger partial charge in [0.05, 0.1) is 39.2 Å². The second-order valence-corrected chi connectivity index (χ2v) is 8.13. The summed E-state index contributed by atoms with van der Waals surface area (Å²) in [6.45, 7) is 1.70. The first kappa shape index (κ1) is 24.1. The normalized spacial score (nSPS) is 11.5. The molecule has 11 heteroatoms. The number of halogens is 4. The summed E-state index contributed by atoms with van der Waals surface area (Å²) in [6.07, 6.45) is -3.28. The predicted molar refractivity (Wildman–Crippen MR) is 126 cm³/mol. The number of aryl methyl sites for hydroxylation is 2. The van der Waals surface area contributed by atoms with Crippen LogP contribution in [0.4, 0.5) is 29.3 Å². The molecule has 1 heterocycles. The molecule has 0 radical (unpaired) electrons. The highest BCUT2D eigenvalue weighted by Crippen LogP contribution is 2.39. The Labute approximate surface area is 202 Å². The number of carbonyl (C=O) groups is 1. The van der Waals surface area contributed by atoms with Crippen molar-refractivity contribution in [2.75, 3.05) is 4.90 Å². The van der Waals surface area contributed by atoms with E-state index in [0.717, 1.165) is 17.0 Å². The van der Waals surface area contributed by atoms with Crippen LogP contribution in [-0.4, -0.2) is 15.6 Å². The van der Waals surface area contributed by atoms with Gasteiger partial charge in [-0.25, -0.2) is 9.78 Å². The molecule has 0 spiro atoms. The van der Waals surface area contributed by atoms with Crippen molar-refractivity contribution in [1.82, 2.24) is 9.55 Å². The minimum Gasteiger partial charge on any atom is -0.457 e. The van der Waals surface area contributed by atoms with Crippen molar-refractivity contribution >= 4 is 39.9 Å². The smallest absolute Gasteiger partial charge is 0.417 e. The van der Waals surface area contributed by atoms with Crippen molar-refractivity contribution < 1.29 is 22.7 Å².